The fourth-order valence-electron chi connectivity index (χ4n) is 5.01. The summed E-state index contributed by atoms with van der Waals surface area (Å²) in [6.07, 6.45) is 9.67. The van der Waals surface area contributed by atoms with Crippen LogP contribution in [0.4, 0.5) is 0 Å². The van der Waals surface area contributed by atoms with E-state index in [2.05, 4.69) is 61.4 Å². The van der Waals surface area contributed by atoms with Gasteiger partial charge in [-0.05, 0) is 73.7 Å². The number of hydrogen-bond acceptors (Lipinski definition) is 4. The number of rotatable bonds is 8. The normalized spacial score (nSPS) is 11.0. The van der Waals surface area contributed by atoms with Gasteiger partial charge in [-0.25, -0.2) is 14.8 Å². The topological polar surface area (TPSA) is 61.9 Å². The second kappa shape index (κ2) is 13.8. The van der Waals surface area contributed by atoms with E-state index >= 15 is 0 Å². The maximum absolute atomic E-state index is 12.3. The third-order valence-electron chi connectivity index (χ3n) is 7.23. The molecule has 0 N–H and O–H groups in total. The SMILES string of the molecule is C/C=C\C.C=Cc1cn(C)c(-c2cc(C)c3nc(CCC)n(Cc4ccc(-c5ccccc5C(=O)OC)cc4)c3c2)n1. The number of nitrogens with zero attached hydrogens (tertiary/aromatic N) is 4. The van der Waals surface area contributed by atoms with E-state index in [-0.39, 0.29) is 5.97 Å². The number of allylic oxidation sites excluding steroid dienone is 2. The summed E-state index contributed by atoms with van der Waals surface area (Å²) in [5.74, 6) is 1.65. The van der Waals surface area contributed by atoms with Gasteiger partial charge in [0.25, 0.3) is 0 Å². The van der Waals surface area contributed by atoms with E-state index in [0.29, 0.717) is 12.1 Å². The lowest BCUT2D eigenvalue weighted by molar-refractivity contribution is 0.0601. The minimum atomic E-state index is -0.335. The molecule has 0 aliphatic rings. The summed E-state index contributed by atoms with van der Waals surface area (Å²) in [4.78, 5) is 22.1. The number of esters is 1. The van der Waals surface area contributed by atoms with Gasteiger partial charge in [0, 0.05) is 31.8 Å². The average molecular weight is 561 g/mol. The van der Waals surface area contributed by atoms with Gasteiger partial charge in [-0.15, -0.1) is 0 Å². The first-order chi connectivity index (χ1) is 20.3. The van der Waals surface area contributed by atoms with Gasteiger partial charge in [0.15, 0.2) is 0 Å². The highest BCUT2D eigenvalue weighted by Gasteiger charge is 2.17. The highest BCUT2D eigenvalue weighted by atomic mass is 16.5. The molecule has 0 bridgehead atoms. The lowest BCUT2D eigenvalue weighted by Crippen LogP contribution is -2.06. The minimum Gasteiger partial charge on any atom is -0.465 e. The third-order valence-corrected chi connectivity index (χ3v) is 7.23. The van der Waals surface area contributed by atoms with Gasteiger partial charge in [0.2, 0.25) is 0 Å². The first-order valence-corrected chi connectivity index (χ1v) is 14.3. The van der Waals surface area contributed by atoms with E-state index in [9.17, 15) is 4.79 Å². The second-order valence-corrected chi connectivity index (χ2v) is 10.2. The maximum Gasteiger partial charge on any atom is 0.338 e. The zero-order chi connectivity index (χ0) is 30.2. The van der Waals surface area contributed by atoms with Crippen molar-refractivity contribution >= 4 is 23.1 Å². The Labute approximate surface area is 249 Å². The number of carbonyl (C=O) groups excluding carboxylic acids is 1. The average Bonchev–Trinajstić information content (AvgIpc) is 3.57. The molecule has 0 aliphatic heterocycles. The molecule has 5 rings (SSSR count). The minimum absolute atomic E-state index is 0.335. The van der Waals surface area contributed by atoms with Crippen LogP contribution in [0.15, 0.2) is 85.6 Å². The molecule has 5 aromatic rings. The predicted octanol–water partition coefficient (Wildman–Crippen LogP) is 8.43. The molecule has 0 atom stereocenters. The summed E-state index contributed by atoms with van der Waals surface area (Å²) in [6, 6.07) is 20.3. The quantitative estimate of drug-likeness (QED) is 0.141. The lowest BCUT2D eigenvalue weighted by atomic mass is 9.98. The van der Waals surface area contributed by atoms with Crippen LogP contribution in [0.25, 0.3) is 39.6 Å². The van der Waals surface area contributed by atoms with Crippen LogP contribution in [-0.4, -0.2) is 32.2 Å². The predicted molar refractivity (Wildman–Crippen MR) is 174 cm³/mol. The zero-order valence-corrected chi connectivity index (χ0v) is 25.5. The largest absolute Gasteiger partial charge is 0.465 e. The van der Waals surface area contributed by atoms with Crippen molar-refractivity contribution in [3.05, 3.63) is 114 Å². The molecule has 3 aromatic carbocycles. The van der Waals surface area contributed by atoms with Gasteiger partial charge in [0.1, 0.15) is 11.6 Å². The fraction of sp³-hybridized carbons (Fsp3) is 0.250. The zero-order valence-electron chi connectivity index (χ0n) is 25.5. The second-order valence-electron chi connectivity index (χ2n) is 10.2. The molecule has 0 saturated heterocycles. The van der Waals surface area contributed by atoms with Crippen LogP contribution < -0.4 is 0 Å². The number of fused-ring (bicyclic) bond motifs is 1. The van der Waals surface area contributed by atoms with Gasteiger partial charge >= 0.3 is 5.97 Å². The first kappa shape index (κ1) is 30.3. The van der Waals surface area contributed by atoms with E-state index in [0.717, 1.165) is 69.0 Å². The summed E-state index contributed by atoms with van der Waals surface area (Å²) in [5, 5.41) is 0. The first-order valence-electron chi connectivity index (χ1n) is 14.3. The van der Waals surface area contributed by atoms with Gasteiger partial charge < -0.3 is 13.9 Å². The summed E-state index contributed by atoms with van der Waals surface area (Å²) >= 11 is 0. The number of imidazole rings is 2. The smallest absolute Gasteiger partial charge is 0.338 e. The maximum atomic E-state index is 12.3. The van der Waals surface area contributed by atoms with E-state index in [1.165, 1.54) is 7.11 Å². The van der Waals surface area contributed by atoms with E-state index in [1.54, 1.807) is 12.1 Å². The highest BCUT2D eigenvalue weighted by Crippen LogP contribution is 2.30. The van der Waals surface area contributed by atoms with Gasteiger partial charge in [-0.1, -0.05) is 68.1 Å². The molecule has 0 saturated carbocycles. The molecule has 0 aliphatic carbocycles. The summed E-state index contributed by atoms with van der Waals surface area (Å²) < 4.78 is 9.34. The van der Waals surface area contributed by atoms with Crippen molar-refractivity contribution in [3.63, 3.8) is 0 Å². The number of ether oxygens (including phenoxy) is 1. The Morgan fingerprint density at radius 3 is 2.33 bits per heavy atom. The number of methoxy groups -OCH3 is 1. The third kappa shape index (κ3) is 6.44. The molecule has 0 fully saturated rings. The Morgan fingerprint density at radius 2 is 1.71 bits per heavy atom. The van der Waals surface area contributed by atoms with E-state index in [1.807, 2.05) is 62.0 Å². The molecule has 216 valence electrons. The van der Waals surface area contributed by atoms with Crippen LogP contribution in [0.3, 0.4) is 0 Å². The molecule has 0 radical (unpaired) electrons. The van der Waals surface area contributed by atoms with E-state index < -0.39 is 0 Å². The van der Waals surface area contributed by atoms with Gasteiger partial charge in [-0.2, -0.15) is 0 Å². The number of aryl methyl sites for hydroxylation is 3. The van der Waals surface area contributed by atoms with Gasteiger partial charge in [0.05, 0.1) is 29.4 Å². The molecule has 6 heteroatoms. The van der Waals surface area contributed by atoms with Crippen molar-refractivity contribution in [3.8, 4) is 22.5 Å². The fourth-order valence-corrected chi connectivity index (χ4v) is 5.01. The van der Waals surface area contributed by atoms with Crippen molar-refractivity contribution in [1.82, 2.24) is 19.1 Å². The number of benzene rings is 3. The molecule has 6 nitrogen and oxygen atoms in total. The number of carbonyl (C=O) groups is 1. The highest BCUT2D eigenvalue weighted by molar-refractivity contribution is 5.97. The van der Waals surface area contributed by atoms with E-state index in [4.69, 9.17) is 14.7 Å². The van der Waals surface area contributed by atoms with Crippen molar-refractivity contribution in [1.29, 1.82) is 0 Å². The Kier molecular flexibility index (Phi) is 9.92. The molecule has 0 amide bonds. The van der Waals surface area contributed by atoms with Crippen LogP contribution >= 0.6 is 0 Å². The van der Waals surface area contributed by atoms with Crippen molar-refractivity contribution in [2.45, 2.75) is 47.1 Å². The molecule has 42 heavy (non-hydrogen) atoms. The standard InChI is InChI=1S/C32H32N4O2.C4H8/c1-6-10-29-34-30-21(3)17-24(31-33-25(7-2)20-35(31)4)18-28(30)36(29)19-22-13-15-23(16-14-22)26-11-8-9-12-27(26)32(37)38-5;1-3-4-2/h7-9,11-18,20H,2,6,10,19H2,1,3-5H3;3-4H,1-2H3/b;4-3-. The molecule has 2 aromatic heterocycles. The Morgan fingerprint density at radius 1 is 1.00 bits per heavy atom. The van der Waals surface area contributed by atoms with Crippen LogP contribution in [0.5, 0.6) is 0 Å². The summed E-state index contributed by atoms with van der Waals surface area (Å²) in [7, 11) is 3.42. The molecule has 2 heterocycles. The number of aromatic nitrogens is 4. The van der Waals surface area contributed by atoms with Crippen molar-refractivity contribution in [2.24, 2.45) is 7.05 Å². The van der Waals surface area contributed by atoms with Crippen molar-refractivity contribution in [2.75, 3.05) is 7.11 Å². The lowest BCUT2D eigenvalue weighted by Gasteiger charge is -2.12. The Balaban J connectivity index is 0.000000952. The monoisotopic (exact) mass is 560 g/mol. The molecular weight excluding hydrogens is 520 g/mol. The molecule has 0 spiro atoms. The number of hydrogen-bond donors (Lipinski definition) is 0. The van der Waals surface area contributed by atoms with Crippen LogP contribution in [0.1, 0.15) is 60.2 Å². The van der Waals surface area contributed by atoms with Crippen molar-refractivity contribution < 1.29 is 9.53 Å². The molecular formula is C36H40N4O2. The Hall–Kier alpha value is -4.71. The van der Waals surface area contributed by atoms with Gasteiger partial charge in [-0.3, -0.25) is 0 Å². The summed E-state index contributed by atoms with van der Waals surface area (Å²) in [6.45, 7) is 12.9. The molecule has 0 unspecified atom stereocenters. The van der Waals surface area contributed by atoms with Crippen LogP contribution in [-0.2, 0) is 24.8 Å². The van der Waals surface area contributed by atoms with Crippen LogP contribution in [0.2, 0.25) is 0 Å². The van der Waals surface area contributed by atoms with Crippen LogP contribution in [0, 0.1) is 6.92 Å². The summed E-state index contributed by atoms with van der Waals surface area (Å²) in [5.41, 5.74) is 8.74. The Bertz CT molecular complexity index is 1720.